The first-order valence-corrected chi connectivity index (χ1v) is 7.90. The van der Waals surface area contributed by atoms with Crippen LogP contribution >= 0.6 is 0 Å². The molecule has 0 aliphatic carbocycles. The van der Waals surface area contributed by atoms with Crippen molar-refractivity contribution in [2.45, 2.75) is 30.6 Å². The van der Waals surface area contributed by atoms with Crippen LogP contribution in [-0.4, -0.2) is 25.2 Å². The van der Waals surface area contributed by atoms with Crippen LogP contribution in [0.5, 0.6) is 0 Å². The first kappa shape index (κ1) is 16.4. The van der Waals surface area contributed by atoms with Gasteiger partial charge in [-0.3, -0.25) is 0 Å². The molecule has 0 atom stereocenters. The van der Waals surface area contributed by atoms with Gasteiger partial charge in [0.2, 0.25) is 0 Å². The highest BCUT2D eigenvalue weighted by atomic mass is 32.2. The Labute approximate surface area is 117 Å². The Kier molecular flexibility index (Phi) is 5.88. The van der Waals surface area contributed by atoms with Crippen LogP contribution in [0.1, 0.15) is 36.0 Å². The first-order valence-electron chi connectivity index (χ1n) is 6.25. The Bertz CT molecular complexity index is 593. The molecule has 0 saturated carbocycles. The van der Waals surface area contributed by atoms with Crippen molar-refractivity contribution in [3.05, 3.63) is 42.2 Å². The van der Waals surface area contributed by atoms with Gasteiger partial charge >= 0.3 is 5.97 Å². The first-order chi connectivity index (χ1) is 9.38. The van der Waals surface area contributed by atoms with E-state index in [2.05, 4.69) is 6.58 Å². The third-order valence-corrected chi connectivity index (χ3v) is 4.66. The summed E-state index contributed by atoms with van der Waals surface area (Å²) in [6.07, 6.45) is 4.59. The van der Waals surface area contributed by atoms with Crippen molar-refractivity contribution >= 4 is 15.8 Å². The van der Waals surface area contributed by atoms with Crippen molar-refractivity contribution in [3.8, 4) is 0 Å². The van der Waals surface area contributed by atoms with Gasteiger partial charge in [-0.15, -0.1) is 6.58 Å². The summed E-state index contributed by atoms with van der Waals surface area (Å²) >= 11 is 0. The predicted octanol–water partition coefficient (Wildman–Crippen LogP) is 3.04. The molecule has 0 aliphatic rings. The zero-order valence-corrected chi connectivity index (χ0v) is 11.8. The second kappa shape index (κ2) is 7.19. The fourth-order valence-electron chi connectivity index (χ4n) is 1.75. The van der Waals surface area contributed by atoms with Crippen molar-refractivity contribution in [3.63, 3.8) is 0 Å². The average molecular weight is 300 g/mol. The summed E-state index contributed by atoms with van der Waals surface area (Å²) in [6, 6.07) is 2.83. The zero-order chi connectivity index (χ0) is 15.2. The van der Waals surface area contributed by atoms with E-state index in [0.29, 0.717) is 6.42 Å². The summed E-state index contributed by atoms with van der Waals surface area (Å²) in [5.41, 5.74) is -0.271. The van der Waals surface area contributed by atoms with E-state index in [-0.39, 0.29) is 11.3 Å². The second-order valence-corrected chi connectivity index (χ2v) is 6.48. The van der Waals surface area contributed by atoms with Gasteiger partial charge in [-0.25, -0.2) is 17.6 Å². The quantitative estimate of drug-likeness (QED) is 0.591. The summed E-state index contributed by atoms with van der Waals surface area (Å²) in [6.45, 7) is 3.57. The van der Waals surface area contributed by atoms with E-state index in [9.17, 15) is 17.6 Å². The van der Waals surface area contributed by atoms with Crippen LogP contribution in [-0.2, 0) is 9.84 Å². The van der Waals surface area contributed by atoms with Gasteiger partial charge in [-0.05, 0) is 37.5 Å². The van der Waals surface area contributed by atoms with Crippen LogP contribution in [0.2, 0.25) is 0 Å². The van der Waals surface area contributed by atoms with E-state index in [4.69, 9.17) is 5.11 Å². The van der Waals surface area contributed by atoms with Gasteiger partial charge in [0.25, 0.3) is 0 Å². The van der Waals surface area contributed by atoms with Crippen molar-refractivity contribution in [1.82, 2.24) is 0 Å². The summed E-state index contributed by atoms with van der Waals surface area (Å²) in [7, 11) is -3.71. The van der Waals surface area contributed by atoms with Crippen LogP contribution in [0.25, 0.3) is 0 Å². The minimum Gasteiger partial charge on any atom is -0.478 e. The number of hydrogen-bond donors (Lipinski definition) is 1. The van der Waals surface area contributed by atoms with E-state index >= 15 is 0 Å². The molecule has 0 aliphatic heterocycles. The molecule has 0 fully saturated rings. The number of benzene rings is 1. The number of carboxylic acids is 1. The highest BCUT2D eigenvalue weighted by molar-refractivity contribution is 7.91. The second-order valence-electron chi connectivity index (χ2n) is 4.41. The van der Waals surface area contributed by atoms with Gasteiger partial charge < -0.3 is 5.11 Å². The molecule has 1 N–H and O–H groups in total. The lowest BCUT2D eigenvalue weighted by atomic mass is 10.2. The summed E-state index contributed by atoms with van der Waals surface area (Å²) in [5.74, 6) is -2.46. The lowest BCUT2D eigenvalue weighted by molar-refractivity contribution is 0.0696. The van der Waals surface area contributed by atoms with E-state index in [1.165, 1.54) is 0 Å². The van der Waals surface area contributed by atoms with E-state index in [1.807, 2.05) is 0 Å². The van der Waals surface area contributed by atoms with Crippen molar-refractivity contribution in [2.75, 3.05) is 5.75 Å². The molecule has 1 aromatic rings. The van der Waals surface area contributed by atoms with Crippen LogP contribution in [0.4, 0.5) is 4.39 Å². The molecule has 110 valence electrons. The standard InChI is InChI=1S/C14H17FO4S/c1-2-3-4-5-6-9-20(18,19)13-8-7-11(14(16)17)10-12(13)15/h2,7-8,10H,1,3-6,9H2,(H,16,17). The van der Waals surface area contributed by atoms with Crippen LogP contribution in [0.15, 0.2) is 35.7 Å². The lowest BCUT2D eigenvalue weighted by Crippen LogP contribution is -2.10. The number of sulfone groups is 1. The van der Waals surface area contributed by atoms with Crippen molar-refractivity contribution in [2.24, 2.45) is 0 Å². The number of allylic oxidation sites excluding steroid dienone is 1. The third-order valence-electron chi connectivity index (χ3n) is 2.84. The molecular formula is C14H17FO4S. The summed E-state index contributed by atoms with van der Waals surface area (Å²) in [4.78, 5) is 10.2. The van der Waals surface area contributed by atoms with E-state index in [1.54, 1.807) is 6.08 Å². The van der Waals surface area contributed by atoms with Gasteiger partial charge in [0.15, 0.2) is 9.84 Å². The Morgan fingerprint density at radius 1 is 1.30 bits per heavy atom. The molecule has 0 heterocycles. The molecule has 0 bridgehead atoms. The molecule has 0 aromatic heterocycles. The maximum absolute atomic E-state index is 13.7. The van der Waals surface area contributed by atoms with Gasteiger partial charge in [-0.2, -0.15) is 0 Å². The van der Waals surface area contributed by atoms with Gasteiger partial charge in [0.05, 0.1) is 11.3 Å². The number of hydrogen-bond acceptors (Lipinski definition) is 3. The number of carboxylic acid groups (broad SMARTS) is 1. The molecule has 0 radical (unpaired) electrons. The summed E-state index contributed by atoms with van der Waals surface area (Å²) in [5, 5.41) is 8.70. The van der Waals surface area contributed by atoms with Crippen molar-refractivity contribution in [1.29, 1.82) is 0 Å². The van der Waals surface area contributed by atoms with Crippen LogP contribution < -0.4 is 0 Å². The molecule has 0 saturated heterocycles. The molecule has 0 spiro atoms. The Morgan fingerprint density at radius 3 is 2.55 bits per heavy atom. The molecule has 0 unspecified atom stereocenters. The maximum atomic E-state index is 13.7. The molecule has 4 nitrogen and oxygen atoms in total. The van der Waals surface area contributed by atoms with Gasteiger partial charge in [0, 0.05) is 0 Å². The minimum absolute atomic E-state index is 0.145. The van der Waals surface area contributed by atoms with Crippen molar-refractivity contribution < 1.29 is 22.7 Å². The Morgan fingerprint density at radius 2 is 2.00 bits per heavy atom. The third kappa shape index (κ3) is 4.45. The average Bonchev–Trinajstić information content (AvgIpc) is 2.37. The largest absolute Gasteiger partial charge is 0.478 e. The number of rotatable bonds is 8. The van der Waals surface area contributed by atoms with Crippen LogP contribution in [0.3, 0.4) is 0 Å². The number of halogens is 1. The molecule has 6 heteroatoms. The fourth-order valence-corrected chi connectivity index (χ4v) is 3.19. The Hall–Kier alpha value is -1.69. The topological polar surface area (TPSA) is 71.4 Å². The highest BCUT2D eigenvalue weighted by Gasteiger charge is 2.20. The maximum Gasteiger partial charge on any atom is 0.335 e. The number of unbranched alkanes of at least 4 members (excludes halogenated alkanes) is 3. The molecule has 1 aromatic carbocycles. The highest BCUT2D eigenvalue weighted by Crippen LogP contribution is 2.19. The fraction of sp³-hybridized carbons (Fsp3) is 0.357. The van der Waals surface area contributed by atoms with Gasteiger partial charge in [-0.1, -0.05) is 12.5 Å². The van der Waals surface area contributed by atoms with Crippen LogP contribution in [0, 0.1) is 5.82 Å². The van der Waals surface area contributed by atoms with E-state index < -0.39 is 26.5 Å². The normalized spacial score (nSPS) is 11.2. The predicted molar refractivity (Wildman–Crippen MR) is 74.1 cm³/mol. The number of carbonyl (C=O) groups is 1. The zero-order valence-electron chi connectivity index (χ0n) is 11.0. The monoisotopic (exact) mass is 300 g/mol. The Balaban J connectivity index is 2.77. The minimum atomic E-state index is -3.71. The molecule has 1 rings (SSSR count). The summed E-state index contributed by atoms with van der Waals surface area (Å²) < 4.78 is 37.6. The molecular weight excluding hydrogens is 283 g/mol. The SMILES string of the molecule is C=CCCCCCS(=O)(=O)c1ccc(C(=O)O)cc1F. The van der Waals surface area contributed by atoms with Gasteiger partial charge in [0.1, 0.15) is 10.7 Å². The molecule has 20 heavy (non-hydrogen) atoms. The smallest absolute Gasteiger partial charge is 0.335 e. The van der Waals surface area contributed by atoms with E-state index in [0.717, 1.165) is 37.5 Å². The lowest BCUT2D eigenvalue weighted by Gasteiger charge is -2.06. The number of aromatic carboxylic acids is 1. The molecule has 0 amide bonds.